The van der Waals surface area contributed by atoms with E-state index >= 15 is 0 Å². The number of halogens is 3. The van der Waals surface area contributed by atoms with Crippen LogP contribution in [0.15, 0.2) is 24.3 Å². The van der Waals surface area contributed by atoms with Crippen molar-refractivity contribution >= 4 is 21.6 Å². The number of sulfonamides is 1. The fraction of sp³-hybridized carbons (Fsp3) is 0.500. The van der Waals surface area contributed by atoms with Crippen LogP contribution < -0.4 is 5.32 Å². The third-order valence-electron chi connectivity index (χ3n) is 3.69. The molecule has 0 aromatic heterocycles. The zero-order valence-electron chi connectivity index (χ0n) is 12.4. The molecule has 0 unspecified atom stereocenters. The van der Waals surface area contributed by atoms with E-state index < -0.39 is 33.7 Å². The van der Waals surface area contributed by atoms with Gasteiger partial charge in [0.2, 0.25) is 15.9 Å². The summed E-state index contributed by atoms with van der Waals surface area (Å²) in [6.07, 6.45) is -3.62. The number of rotatable bonds is 4. The molecule has 0 saturated carbocycles. The Kier molecular flexibility index (Phi) is 5.00. The lowest BCUT2D eigenvalue weighted by Gasteiger charge is -2.22. The van der Waals surface area contributed by atoms with Crippen molar-refractivity contribution in [1.29, 1.82) is 0 Å². The molecule has 1 fully saturated rings. The third-order valence-corrected chi connectivity index (χ3v) is 5.57. The maximum absolute atomic E-state index is 12.7. The molecule has 1 aromatic rings. The Labute approximate surface area is 132 Å². The van der Waals surface area contributed by atoms with Gasteiger partial charge < -0.3 is 5.32 Å². The SMILES string of the molecule is CCS(=O)(=O)N1CCC[C@@H]1C(=O)Nc1cccc(C(F)(F)F)c1. The molecule has 1 heterocycles. The first-order valence-corrected chi connectivity index (χ1v) is 8.73. The first kappa shape index (κ1) is 17.7. The van der Waals surface area contributed by atoms with Gasteiger partial charge in [-0.15, -0.1) is 0 Å². The minimum absolute atomic E-state index is 0.00873. The minimum atomic E-state index is -4.51. The third kappa shape index (κ3) is 4.03. The van der Waals surface area contributed by atoms with Crippen molar-refractivity contribution in [2.45, 2.75) is 32.0 Å². The van der Waals surface area contributed by atoms with Gasteiger partial charge in [-0.2, -0.15) is 17.5 Å². The van der Waals surface area contributed by atoms with E-state index in [1.807, 2.05) is 0 Å². The number of hydrogen-bond acceptors (Lipinski definition) is 3. The van der Waals surface area contributed by atoms with Gasteiger partial charge >= 0.3 is 6.18 Å². The van der Waals surface area contributed by atoms with E-state index in [0.29, 0.717) is 12.8 Å². The van der Waals surface area contributed by atoms with Gasteiger partial charge in [-0.3, -0.25) is 4.79 Å². The van der Waals surface area contributed by atoms with Gasteiger partial charge in [0.1, 0.15) is 6.04 Å². The Balaban J connectivity index is 2.16. The van der Waals surface area contributed by atoms with E-state index in [1.165, 1.54) is 19.1 Å². The molecule has 5 nitrogen and oxygen atoms in total. The lowest BCUT2D eigenvalue weighted by molar-refractivity contribution is -0.137. The summed E-state index contributed by atoms with van der Waals surface area (Å²) in [5.74, 6) is -0.737. The summed E-state index contributed by atoms with van der Waals surface area (Å²) in [7, 11) is -3.52. The number of hydrogen-bond donors (Lipinski definition) is 1. The summed E-state index contributed by atoms with van der Waals surface area (Å²) in [5, 5.41) is 2.38. The van der Waals surface area contributed by atoms with Gasteiger partial charge in [0.05, 0.1) is 11.3 Å². The van der Waals surface area contributed by atoms with Crippen LogP contribution in [0.25, 0.3) is 0 Å². The average Bonchev–Trinajstić information content (AvgIpc) is 2.97. The van der Waals surface area contributed by atoms with Crippen molar-refractivity contribution in [3.05, 3.63) is 29.8 Å². The number of amides is 1. The second kappa shape index (κ2) is 6.48. The van der Waals surface area contributed by atoms with Crippen LogP contribution in [0, 0.1) is 0 Å². The Hall–Kier alpha value is -1.61. The summed E-state index contributed by atoms with van der Waals surface area (Å²) >= 11 is 0. The zero-order chi connectivity index (χ0) is 17.3. The van der Waals surface area contributed by atoms with Crippen LogP contribution in [0.3, 0.4) is 0 Å². The van der Waals surface area contributed by atoms with Crippen molar-refractivity contribution < 1.29 is 26.4 Å². The maximum atomic E-state index is 12.7. The minimum Gasteiger partial charge on any atom is -0.325 e. The van der Waals surface area contributed by atoms with Gasteiger partial charge in [0, 0.05) is 12.2 Å². The maximum Gasteiger partial charge on any atom is 0.416 e. The fourth-order valence-corrected chi connectivity index (χ4v) is 3.83. The van der Waals surface area contributed by atoms with Crippen LogP contribution >= 0.6 is 0 Å². The number of alkyl halides is 3. The molecule has 0 aliphatic carbocycles. The van der Waals surface area contributed by atoms with Crippen molar-refractivity contribution in [1.82, 2.24) is 4.31 Å². The molecular weight excluding hydrogens is 333 g/mol. The fourth-order valence-electron chi connectivity index (χ4n) is 2.50. The molecule has 0 bridgehead atoms. The van der Waals surface area contributed by atoms with E-state index in [0.717, 1.165) is 16.4 Å². The summed E-state index contributed by atoms with van der Waals surface area (Å²) in [6, 6.07) is 3.37. The highest BCUT2D eigenvalue weighted by Gasteiger charge is 2.38. The quantitative estimate of drug-likeness (QED) is 0.907. The van der Waals surface area contributed by atoms with E-state index in [4.69, 9.17) is 0 Å². The number of benzene rings is 1. The van der Waals surface area contributed by atoms with E-state index in [9.17, 15) is 26.4 Å². The highest BCUT2D eigenvalue weighted by molar-refractivity contribution is 7.89. The smallest absolute Gasteiger partial charge is 0.325 e. The molecule has 23 heavy (non-hydrogen) atoms. The molecule has 1 amide bonds. The Bertz CT molecular complexity index is 689. The molecule has 1 aliphatic rings. The van der Waals surface area contributed by atoms with Crippen molar-refractivity contribution in [3.8, 4) is 0 Å². The van der Waals surface area contributed by atoms with Gasteiger partial charge in [-0.05, 0) is 38.0 Å². The van der Waals surface area contributed by atoms with Crippen LogP contribution in [0.2, 0.25) is 0 Å². The van der Waals surface area contributed by atoms with Gasteiger partial charge in [-0.25, -0.2) is 8.42 Å². The second-order valence-electron chi connectivity index (χ2n) is 5.24. The van der Waals surface area contributed by atoms with E-state index in [2.05, 4.69) is 5.32 Å². The molecule has 1 aliphatic heterocycles. The molecular formula is C14H17F3N2O3S. The number of carbonyl (C=O) groups excluding carboxylic acids is 1. The number of nitrogens with zero attached hydrogens (tertiary/aromatic N) is 1. The number of anilines is 1. The zero-order valence-corrected chi connectivity index (χ0v) is 13.2. The van der Waals surface area contributed by atoms with Crippen LogP contribution in [0.5, 0.6) is 0 Å². The summed E-state index contributed by atoms with van der Waals surface area (Å²) in [5.41, 5.74) is -0.884. The lowest BCUT2D eigenvalue weighted by atomic mass is 10.1. The van der Waals surface area contributed by atoms with E-state index in [1.54, 1.807) is 0 Å². The summed E-state index contributed by atoms with van der Waals surface area (Å²) < 4.78 is 63.0. The first-order valence-electron chi connectivity index (χ1n) is 7.13. The highest BCUT2D eigenvalue weighted by Crippen LogP contribution is 2.31. The molecule has 128 valence electrons. The Morgan fingerprint density at radius 3 is 2.70 bits per heavy atom. The molecule has 1 saturated heterocycles. The predicted molar refractivity (Wildman–Crippen MR) is 79.3 cm³/mol. The molecule has 1 N–H and O–H groups in total. The lowest BCUT2D eigenvalue weighted by Crippen LogP contribution is -2.43. The molecule has 0 radical (unpaired) electrons. The largest absolute Gasteiger partial charge is 0.416 e. The molecule has 1 aromatic carbocycles. The van der Waals surface area contributed by atoms with E-state index in [-0.39, 0.29) is 18.0 Å². The van der Waals surface area contributed by atoms with Gasteiger partial charge in [-0.1, -0.05) is 6.07 Å². The molecule has 2 rings (SSSR count). The molecule has 9 heteroatoms. The Morgan fingerprint density at radius 1 is 1.39 bits per heavy atom. The normalized spacial score (nSPS) is 19.7. The van der Waals surface area contributed by atoms with Crippen molar-refractivity contribution in [3.63, 3.8) is 0 Å². The summed E-state index contributed by atoms with van der Waals surface area (Å²) in [4.78, 5) is 12.3. The van der Waals surface area contributed by atoms with Crippen molar-refractivity contribution in [2.24, 2.45) is 0 Å². The molecule has 1 atom stereocenters. The monoisotopic (exact) mass is 350 g/mol. The highest BCUT2D eigenvalue weighted by atomic mass is 32.2. The predicted octanol–water partition coefficient (Wildman–Crippen LogP) is 2.46. The molecule has 0 spiro atoms. The van der Waals surface area contributed by atoms with Crippen LogP contribution in [-0.4, -0.2) is 37.0 Å². The number of carbonyl (C=O) groups is 1. The van der Waals surface area contributed by atoms with Crippen LogP contribution in [-0.2, 0) is 21.0 Å². The standard InChI is InChI=1S/C14H17F3N2O3S/c1-2-23(21,22)19-8-4-7-12(19)13(20)18-11-6-3-5-10(9-11)14(15,16)17/h3,5-6,9,12H,2,4,7-8H2,1H3,(H,18,20)/t12-/m1/s1. The summed E-state index contributed by atoms with van der Waals surface area (Å²) in [6.45, 7) is 1.73. The number of nitrogens with one attached hydrogen (secondary N) is 1. The average molecular weight is 350 g/mol. The van der Waals surface area contributed by atoms with Crippen LogP contribution in [0.1, 0.15) is 25.3 Å². The van der Waals surface area contributed by atoms with Gasteiger partial charge in [0.15, 0.2) is 0 Å². The van der Waals surface area contributed by atoms with Crippen LogP contribution in [0.4, 0.5) is 18.9 Å². The first-order chi connectivity index (χ1) is 10.6. The van der Waals surface area contributed by atoms with Gasteiger partial charge in [0.25, 0.3) is 0 Å². The Morgan fingerprint density at radius 2 is 2.09 bits per heavy atom. The topological polar surface area (TPSA) is 66.5 Å². The van der Waals surface area contributed by atoms with Crippen molar-refractivity contribution in [2.75, 3.05) is 17.6 Å². The second-order valence-corrected chi connectivity index (χ2v) is 7.45.